The molecule has 102 valence electrons. The molecule has 1 fully saturated rings. The number of hydrogen-bond acceptors (Lipinski definition) is 5. The van der Waals surface area contributed by atoms with Gasteiger partial charge in [-0.15, -0.1) is 0 Å². The standard InChI is InChI=1S/C12H26N2O3/c1-13-12-10-14(11-12)4-3-5-16-8-9-17-7-6-15-2/h12-13H,3-11H2,1-2H3. The van der Waals surface area contributed by atoms with Crippen molar-refractivity contribution in [1.82, 2.24) is 10.2 Å². The summed E-state index contributed by atoms with van der Waals surface area (Å²) in [6.45, 7) is 6.97. The predicted octanol–water partition coefficient (Wildman–Crippen LogP) is -0.0403. The third-order valence-electron chi connectivity index (χ3n) is 2.93. The number of methoxy groups -OCH3 is 1. The Hall–Kier alpha value is -0.200. The minimum absolute atomic E-state index is 0.652. The molecule has 0 amide bonds. The Labute approximate surface area is 104 Å². The van der Waals surface area contributed by atoms with Crippen molar-refractivity contribution in [3.8, 4) is 0 Å². The lowest BCUT2D eigenvalue weighted by Gasteiger charge is -2.39. The van der Waals surface area contributed by atoms with E-state index < -0.39 is 0 Å². The molecule has 1 aliphatic heterocycles. The topological polar surface area (TPSA) is 43.0 Å². The molecular formula is C12H26N2O3. The maximum atomic E-state index is 5.48. The molecule has 0 saturated carbocycles. The van der Waals surface area contributed by atoms with Crippen LogP contribution < -0.4 is 5.32 Å². The number of likely N-dealkylation sites (N-methyl/N-ethyl adjacent to an activating group) is 1. The Morgan fingerprint density at radius 2 is 1.71 bits per heavy atom. The summed E-state index contributed by atoms with van der Waals surface area (Å²) in [6, 6.07) is 0.699. The van der Waals surface area contributed by atoms with E-state index in [-0.39, 0.29) is 0 Å². The van der Waals surface area contributed by atoms with Gasteiger partial charge >= 0.3 is 0 Å². The smallest absolute Gasteiger partial charge is 0.0701 e. The SMILES string of the molecule is CNC1CN(CCCOCCOCCOC)C1. The number of nitrogens with zero attached hydrogens (tertiary/aromatic N) is 1. The lowest BCUT2D eigenvalue weighted by molar-refractivity contribution is 0.0206. The van der Waals surface area contributed by atoms with Crippen LogP contribution in [-0.2, 0) is 14.2 Å². The third kappa shape index (κ3) is 6.95. The number of ether oxygens (including phenoxy) is 3. The lowest BCUT2D eigenvalue weighted by atomic mass is 10.1. The Morgan fingerprint density at radius 3 is 2.35 bits per heavy atom. The normalized spacial score (nSPS) is 17.3. The second-order valence-corrected chi connectivity index (χ2v) is 4.32. The highest BCUT2D eigenvalue weighted by atomic mass is 16.5. The molecule has 0 spiro atoms. The van der Waals surface area contributed by atoms with E-state index in [4.69, 9.17) is 14.2 Å². The van der Waals surface area contributed by atoms with Gasteiger partial charge in [-0.25, -0.2) is 0 Å². The van der Waals surface area contributed by atoms with Crippen LogP contribution in [0.1, 0.15) is 6.42 Å². The van der Waals surface area contributed by atoms with E-state index in [1.54, 1.807) is 7.11 Å². The third-order valence-corrected chi connectivity index (χ3v) is 2.93. The molecular weight excluding hydrogens is 220 g/mol. The van der Waals surface area contributed by atoms with Crippen LogP contribution in [0, 0.1) is 0 Å². The number of hydrogen-bond donors (Lipinski definition) is 1. The molecule has 1 rings (SSSR count). The van der Waals surface area contributed by atoms with Crippen LogP contribution in [0.3, 0.4) is 0 Å². The molecule has 1 N–H and O–H groups in total. The fourth-order valence-electron chi connectivity index (χ4n) is 1.79. The summed E-state index contributed by atoms with van der Waals surface area (Å²) < 4.78 is 15.6. The summed E-state index contributed by atoms with van der Waals surface area (Å²) in [5.41, 5.74) is 0. The van der Waals surface area contributed by atoms with E-state index in [1.807, 2.05) is 7.05 Å². The summed E-state index contributed by atoms with van der Waals surface area (Å²) in [7, 11) is 3.70. The fourth-order valence-corrected chi connectivity index (χ4v) is 1.79. The summed E-state index contributed by atoms with van der Waals surface area (Å²) in [6.07, 6.45) is 1.11. The monoisotopic (exact) mass is 246 g/mol. The molecule has 0 atom stereocenters. The van der Waals surface area contributed by atoms with Crippen LogP contribution in [0.2, 0.25) is 0 Å². The van der Waals surface area contributed by atoms with Crippen LogP contribution in [0.15, 0.2) is 0 Å². The van der Waals surface area contributed by atoms with Crippen molar-refractivity contribution in [1.29, 1.82) is 0 Å². The van der Waals surface area contributed by atoms with Crippen molar-refractivity contribution in [2.45, 2.75) is 12.5 Å². The first-order valence-corrected chi connectivity index (χ1v) is 6.41. The number of likely N-dealkylation sites (tertiary alicyclic amines) is 1. The van der Waals surface area contributed by atoms with Crippen LogP contribution in [-0.4, -0.2) is 77.8 Å². The average Bonchev–Trinajstić information content (AvgIpc) is 2.29. The van der Waals surface area contributed by atoms with E-state index in [0.717, 1.165) is 19.6 Å². The molecule has 1 saturated heterocycles. The Bertz CT molecular complexity index is 175. The second-order valence-electron chi connectivity index (χ2n) is 4.32. The zero-order valence-corrected chi connectivity index (χ0v) is 11.1. The van der Waals surface area contributed by atoms with Gasteiger partial charge in [0, 0.05) is 39.4 Å². The van der Waals surface area contributed by atoms with E-state index in [9.17, 15) is 0 Å². The maximum Gasteiger partial charge on any atom is 0.0701 e. The quantitative estimate of drug-likeness (QED) is 0.518. The van der Waals surface area contributed by atoms with E-state index in [1.165, 1.54) is 13.1 Å². The summed E-state index contributed by atoms with van der Waals surface area (Å²) in [5, 5.41) is 3.27. The highest BCUT2D eigenvalue weighted by Gasteiger charge is 2.23. The van der Waals surface area contributed by atoms with Gasteiger partial charge < -0.3 is 24.4 Å². The Kier molecular flexibility index (Phi) is 8.56. The maximum absolute atomic E-state index is 5.48. The molecule has 1 aliphatic rings. The van der Waals surface area contributed by atoms with Crippen molar-refractivity contribution < 1.29 is 14.2 Å². The lowest BCUT2D eigenvalue weighted by Crippen LogP contribution is -2.57. The van der Waals surface area contributed by atoms with Gasteiger partial charge in [0.05, 0.1) is 26.4 Å². The molecule has 0 radical (unpaired) electrons. The van der Waals surface area contributed by atoms with Gasteiger partial charge in [0.15, 0.2) is 0 Å². The Morgan fingerprint density at radius 1 is 1.06 bits per heavy atom. The fraction of sp³-hybridized carbons (Fsp3) is 1.00. The van der Waals surface area contributed by atoms with E-state index >= 15 is 0 Å². The first-order valence-electron chi connectivity index (χ1n) is 6.41. The van der Waals surface area contributed by atoms with Crippen molar-refractivity contribution in [3.05, 3.63) is 0 Å². The van der Waals surface area contributed by atoms with Crippen molar-refractivity contribution in [3.63, 3.8) is 0 Å². The molecule has 0 aromatic carbocycles. The van der Waals surface area contributed by atoms with Crippen molar-refractivity contribution >= 4 is 0 Å². The van der Waals surface area contributed by atoms with Crippen LogP contribution in [0.25, 0.3) is 0 Å². The second kappa shape index (κ2) is 9.79. The molecule has 1 heterocycles. The van der Waals surface area contributed by atoms with Crippen LogP contribution in [0.5, 0.6) is 0 Å². The van der Waals surface area contributed by atoms with Gasteiger partial charge in [-0.1, -0.05) is 0 Å². The van der Waals surface area contributed by atoms with Crippen molar-refractivity contribution in [2.75, 3.05) is 66.8 Å². The largest absolute Gasteiger partial charge is 0.382 e. The molecule has 0 aromatic rings. The molecule has 0 aliphatic carbocycles. The minimum atomic E-state index is 0.652. The van der Waals surface area contributed by atoms with Crippen LogP contribution >= 0.6 is 0 Å². The van der Waals surface area contributed by atoms with E-state index in [2.05, 4.69) is 10.2 Å². The zero-order valence-electron chi connectivity index (χ0n) is 11.1. The zero-order chi connectivity index (χ0) is 12.3. The molecule has 0 aromatic heterocycles. The molecule has 17 heavy (non-hydrogen) atoms. The average molecular weight is 246 g/mol. The Balaban J connectivity index is 1.71. The minimum Gasteiger partial charge on any atom is -0.382 e. The van der Waals surface area contributed by atoms with Gasteiger partial charge in [-0.05, 0) is 13.5 Å². The number of rotatable bonds is 11. The highest BCUT2D eigenvalue weighted by Crippen LogP contribution is 2.06. The molecule has 0 bridgehead atoms. The van der Waals surface area contributed by atoms with Crippen molar-refractivity contribution in [2.24, 2.45) is 0 Å². The summed E-state index contributed by atoms with van der Waals surface area (Å²) in [5.74, 6) is 0. The van der Waals surface area contributed by atoms with Gasteiger partial charge in [-0.3, -0.25) is 0 Å². The van der Waals surface area contributed by atoms with E-state index in [0.29, 0.717) is 32.5 Å². The highest BCUT2D eigenvalue weighted by molar-refractivity contribution is 4.84. The first kappa shape index (κ1) is 14.9. The summed E-state index contributed by atoms with van der Waals surface area (Å²) in [4.78, 5) is 2.44. The van der Waals surface area contributed by atoms with Gasteiger partial charge in [0.1, 0.15) is 0 Å². The molecule has 5 nitrogen and oxygen atoms in total. The van der Waals surface area contributed by atoms with Crippen LogP contribution in [0.4, 0.5) is 0 Å². The molecule has 5 heteroatoms. The predicted molar refractivity (Wildman–Crippen MR) is 67.4 cm³/mol. The van der Waals surface area contributed by atoms with Gasteiger partial charge in [-0.2, -0.15) is 0 Å². The number of nitrogens with one attached hydrogen (secondary N) is 1. The molecule has 0 unspecified atom stereocenters. The van der Waals surface area contributed by atoms with Gasteiger partial charge in [0.2, 0.25) is 0 Å². The summed E-state index contributed by atoms with van der Waals surface area (Å²) >= 11 is 0. The van der Waals surface area contributed by atoms with Gasteiger partial charge in [0.25, 0.3) is 0 Å². The first-order chi connectivity index (χ1) is 8.36.